The molecule has 2 aromatic rings. The van der Waals surface area contributed by atoms with Crippen LogP contribution in [-0.4, -0.2) is 4.98 Å². The molecule has 0 radical (unpaired) electrons. The third kappa shape index (κ3) is 2.51. The molecule has 1 nitrogen and oxygen atoms in total. The Morgan fingerprint density at radius 3 is 2.39 bits per heavy atom. The van der Waals surface area contributed by atoms with Crippen LogP contribution >= 0.6 is 0 Å². The summed E-state index contributed by atoms with van der Waals surface area (Å²) in [5.74, 6) is 0.430. The molecule has 1 heterocycles. The van der Waals surface area contributed by atoms with E-state index in [1.807, 2.05) is 19.2 Å². The van der Waals surface area contributed by atoms with Crippen LogP contribution < -0.4 is 0 Å². The average Bonchev–Trinajstić information content (AvgIpc) is 2.40. The minimum absolute atomic E-state index is 0.430. The molecule has 18 heavy (non-hydrogen) atoms. The van der Waals surface area contributed by atoms with Gasteiger partial charge in [-0.25, -0.2) is 0 Å². The van der Waals surface area contributed by atoms with E-state index in [1.54, 1.807) is 0 Å². The van der Waals surface area contributed by atoms with E-state index in [4.69, 9.17) is 0 Å². The highest BCUT2D eigenvalue weighted by molar-refractivity contribution is 5.76. The molecule has 0 fully saturated rings. The van der Waals surface area contributed by atoms with Crippen LogP contribution in [0.4, 0.5) is 0 Å². The smallest absolute Gasteiger partial charge is 0.0507 e. The van der Waals surface area contributed by atoms with E-state index < -0.39 is 0 Å². The van der Waals surface area contributed by atoms with Crippen LogP contribution in [0.3, 0.4) is 0 Å². The summed E-state index contributed by atoms with van der Waals surface area (Å²) < 4.78 is 0. The summed E-state index contributed by atoms with van der Waals surface area (Å²) in [4.78, 5) is 4.53. The second kappa shape index (κ2) is 5.63. The number of nitrogens with zero attached hydrogens (tertiary/aromatic N) is 1. The summed E-state index contributed by atoms with van der Waals surface area (Å²) in [6.07, 6.45) is 6.14. The number of hydrogen-bond acceptors (Lipinski definition) is 1. The highest BCUT2D eigenvalue weighted by Gasteiger charge is 2.11. The zero-order valence-electron chi connectivity index (χ0n) is 11.2. The Bertz CT molecular complexity index is 539. The van der Waals surface area contributed by atoms with Crippen molar-refractivity contribution < 1.29 is 0 Å². The van der Waals surface area contributed by atoms with Crippen molar-refractivity contribution in [3.8, 4) is 11.1 Å². The monoisotopic (exact) mass is 237 g/mol. The Hall–Kier alpha value is -1.89. The van der Waals surface area contributed by atoms with Crippen LogP contribution in [0.25, 0.3) is 17.2 Å². The van der Waals surface area contributed by atoms with Crippen molar-refractivity contribution in [2.24, 2.45) is 0 Å². The van der Waals surface area contributed by atoms with Crippen molar-refractivity contribution in [2.75, 3.05) is 0 Å². The summed E-state index contributed by atoms with van der Waals surface area (Å²) in [7, 11) is 0. The third-order valence-corrected chi connectivity index (χ3v) is 2.99. The molecule has 0 amide bonds. The molecule has 2 rings (SSSR count). The highest BCUT2D eigenvalue weighted by Crippen LogP contribution is 2.29. The number of rotatable bonds is 3. The molecule has 0 N–H and O–H groups in total. The number of pyridine rings is 1. The lowest BCUT2D eigenvalue weighted by atomic mass is 9.94. The van der Waals surface area contributed by atoms with Crippen molar-refractivity contribution in [1.82, 2.24) is 4.98 Å². The van der Waals surface area contributed by atoms with Crippen molar-refractivity contribution in [3.63, 3.8) is 0 Å². The second-order valence-electron chi connectivity index (χ2n) is 4.68. The minimum Gasteiger partial charge on any atom is -0.260 e. The van der Waals surface area contributed by atoms with E-state index in [0.29, 0.717) is 5.92 Å². The van der Waals surface area contributed by atoms with Crippen molar-refractivity contribution in [3.05, 3.63) is 59.9 Å². The predicted molar refractivity (Wildman–Crippen MR) is 78.5 cm³/mol. The van der Waals surface area contributed by atoms with Gasteiger partial charge in [-0.05, 0) is 30.0 Å². The van der Waals surface area contributed by atoms with Gasteiger partial charge in [0.15, 0.2) is 0 Å². The maximum Gasteiger partial charge on any atom is 0.0507 e. The van der Waals surface area contributed by atoms with Gasteiger partial charge >= 0.3 is 0 Å². The molecular weight excluding hydrogens is 218 g/mol. The zero-order valence-corrected chi connectivity index (χ0v) is 11.2. The molecule has 0 unspecified atom stereocenters. The molecule has 92 valence electrons. The molecular formula is C17H19N. The predicted octanol–water partition coefficient (Wildman–Crippen LogP) is 4.91. The van der Waals surface area contributed by atoms with Crippen molar-refractivity contribution in [1.29, 1.82) is 0 Å². The molecule has 0 aliphatic rings. The van der Waals surface area contributed by atoms with Gasteiger partial charge in [-0.2, -0.15) is 0 Å². The van der Waals surface area contributed by atoms with Crippen LogP contribution in [0, 0.1) is 0 Å². The largest absolute Gasteiger partial charge is 0.260 e. The zero-order chi connectivity index (χ0) is 13.0. The number of aromatic nitrogens is 1. The first-order valence-electron chi connectivity index (χ1n) is 6.41. The number of hydrogen-bond donors (Lipinski definition) is 0. The van der Waals surface area contributed by atoms with Gasteiger partial charge in [0.2, 0.25) is 0 Å². The normalized spacial score (nSPS) is 11.3. The molecule has 0 aliphatic carbocycles. The van der Waals surface area contributed by atoms with E-state index >= 15 is 0 Å². The molecule has 0 bridgehead atoms. The van der Waals surface area contributed by atoms with Gasteiger partial charge in [-0.3, -0.25) is 4.98 Å². The molecule has 0 saturated carbocycles. The highest BCUT2D eigenvalue weighted by atomic mass is 14.7. The van der Waals surface area contributed by atoms with Crippen LogP contribution in [-0.2, 0) is 0 Å². The standard InChI is InChI=1S/C17H19N/c1-4-8-16-15(14-9-6-5-7-10-14)11-12-18-17(16)13(2)3/h4-13H,1-3H3/b8-4-. The van der Waals surface area contributed by atoms with Crippen molar-refractivity contribution >= 4 is 6.08 Å². The summed E-state index contributed by atoms with van der Waals surface area (Å²) in [6, 6.07) is 12.6. The Labute approximate surface area is 109 Å². The molecule has 1 heteroatoms. The van der Waals surface area contributed by atoms with Gasteiger partial charge in [-0.1, -0.05) is 56.3 Å². The Balaban J connectivity index is 2.64. The molecule has 0 spiro atoms. The van der Waals surface area contributed by atoms with Crippen LogP contribution in [0.1, 0.15) is 37.9 Å². The first-order valence-corrected chi connectivity index (χ1v) is 6.41. The fourth-order valence-electron chi connectivity index (χ4n) is 2.16. The lowest BCUT2D eigenvalue weighted by Crippen LogP contribution is -1.98. The molecule has 0 saturated heterocycles. The maximum absolute atomic E-state index is 4.53. The lowest BCUT2D eigenvalue weighted by Gasteiger charge is -2.13. The van der Waals surface area contributed by atoms with Crippen molar-refractivity contribution in [2.45, 2.75) is 26.7 Å². The first kappa shape index (κ1) is 12.6. The molecule has 0 atom stereocenters. The van der Waals surface area contributed by atoms with Gasteiger partial charge in [0, 0.05) is 11.8 Å². The summed E-state index contributed by atoms with van der Waals surface area (Å²) in [5, 5.41) is 0. The van der Waals surface area contributed by atoms with Crippen LogP contribution in [0.5, 0.6) is 0 Å². The fraction of sp³-hybridized carbons (Fsp3) is 0.235. The van der Waals surface area contributed by atoms with E-state index in [1.165, 1.54) is 16.7 Å². The van der Waals surface area contributed by atoms with E-state index in [2.05, 4.69) is 61.3 Å². The number of allylic oxidation sites excluding steroid dienone is 1. The summed E-state index contributed by atoms with van der Waals surface area (Å²) in [6.45, 7) is 6.42. The third-order valence-electron chi connectivity index (χ3n) is 2.99. The van der Waals surface area contributed by atoms with Gasteiger partial charge in [0.05, 0.1) is 5.69 Å². The van der Waals surface area contributed by atoms with E-state index in [0.717, 1.165) is 5.69 Å². The van der Waals surface area contributed by atoms with E-state index in [9.17, 15) is 0 Å². The van der Waals surface area contributed by atoms with Gasteiger partial charge < -0.3 is 0 Å². The quantitative estimate of drug-likeness (QED) is 0.739. The average molecular weight is 237 g/mol. The maximum atomic E-state index is 4.53. The fourth-order valence-corrected chi connectivity index (χ4v) is 2.16. The first-order chi connectivity index (χ1) is 8.74. The molecule has 0 aliphatic heterocycles. The molecule has 1 aromatic carbocycles. The Morgan fingerprint density at radius 1 is 1.06 bits per heavy atom. The summed E-state index contributed by atoms with van der Waals surface area (Å²) >= 11 is 0. The molecule has 1 aromatic heterocycles. The Kier molecular flexibility index (Phi) is 3.93. The Morgan fingerprint density at radius 2 is 1.78 bits per heavy atom. The minimum atomic E-state index is 0.430. The topological polar surface area (TPSA) is 12.9 Å². The van der Waals surface area contributed by atoms with Crippen LogP contribution in [0.15, 0.2) is 48.7 Å². The van der Waals surface area contributed by atoms with E-state index in [-0.39, 0.29) is 0 Å². The van der Waals surface area contributed by atoms with Gasteiger partial charge in [-0.15, -0.1) is 0 Å². The number of benzene rings is 1. The summed E-state index contributed by atoms with van der Waals surface area (Å²) in [5.41, 5.74) is 4.90. The van der Waals surface area contributed by atoms with Gasteiger partial charge in [0.25, 0.3) is 0 Å². The van der Waals surface area contributed by atoms with Crippen LogP contribution in [0.2, 0.25) is 0 Å². The lowest BCUT2D eigenvalue weighted by molar-refractivity contribution is 0.820. The van der Waals surface area contributed by atoms with Gasteiger partial charge in [0.1, 0.15) is 0 Å². The SMILES string of the molecule is C/C=C\c1c(-c2ccccc2)ccnc1C(C)C. The second-order valence-corrected chi connectivity index (χ2v) is 4.68.